The summed E-state index contributed by atoms with van der Waals surface area (Å²) < 4.78 is 27.2. The second-order valence-electron chi connectivity index (χ2n) is 3.09. The van der Waals surface area contributed by atoms with Crippen LogP contribution in [0.25, 0.3) is 11.5 Å². The molecule has 0 aliphatic heterocycles. The third-order valence-electron chi connectivity index (χ3n) is 1.91. The molecule has 7 heteroatoms. The number of nitrogens with zero attached hydrogens (tertiary/aromatic N) is 2. The molecule has 0 aliphatic rings. The lowest BCUT2D eigenvalue weighted by Crippen LogP contribution is -1.89. The number of aromatic nitrogens is 2. The van der Waals surface area contributed by atoms with E-state index in [9.17, 15) is 8.42 Å². The molecule has 0 unspecified atom stereocenters. The van der Waals surface area contributed by atoms with Crippen molar-refractivity contribution >= 4 is 19.7 Å². The molecule has 2 aromatic rings. The molecule has 0 amide bonds. The zero-order chi connectivity index (χ0) is 11.8. The van der Waals surface area contributed by atoms with Crippen LogP contribution in [0.1, 0.15) is 5.89 Å². The number of hydrogen-bond acceptors (Lipinski definition) is 5. The van der Waals surface area contributed by atoms with Gasteiger partial charge in [0.05, 0.1) is 4.90 Å². The highest BCUT2D eigenvalue weighted by atomic mass is 35.7. The normalized spacial score (nSPS) is 11.6. The minimum atomic E-state index is -3.69. The SMILES string of the molecule is Cc1nnc(-c2ccc(S(=O)(=O)Cl)cc2)o1. The van der Waals surface area contributed by atoms with E-state index in [-0.39, 0.29) is 4.90 Å². The molecule has 0 saturated heterocycles. The van der Waals surface area contributed by atoms with Gasteiger partial charge in [0, 0.05) is 23.2 Å². The molecular formula is C9H7ClN2O3S. The number of rotatable bonds is 2. The van der Waals surface area contributed by atoms with Gasteiger partial charge in [0.25, 0.3) is 9.05 Å². The number of halogens is 1. The highest BCUT2D eigenvalue weighted by molar-refractivity contribution is 8.13. The Bertz CT molecular complexity index is 604. The lowest BCUT2D eigenvalue weighted by molar-refractivity contribution is 0.532. The first-order chi connectivity index (χ1) is 7.47. The van der Waals surface area contributed by atoms with Crippen molar-refractivity contribution in [1.29, 1.82) is 0 Å². The fourth-order valence-electron chi connectivity index (χ4n) is 1.17. The zero-order valence-corrected chi connectivity index (χ0v) is 9.79. The van der Waals surface area contributed by atoms with Gasteiger partial charge in [-0.05, 0) is 24.3 Å². The summed E-state index contributed by atoms with van der Waals surface area (Å²) in [5, 5.41) is 7.48. The standard InChI is InChI=1S/C9H7ClN2O3S/c1-6-11-12-9(15-6)7-2-4-8(5-3-7)16(10,13)14/h2-5H,1H3. The van der Waals surface area contributed by atoms with Crippen molar-refractivity contribution in [3.63, 3.8) is 0 Å². The first kappa shape index (κ1) is 11.1. The summed E-state index contributed by atoms with van der Waals surface area (Å²) >= 11 is 0. The average Bonchev–Trinajstić information content (AvgIpc) is 2.64. The van der Waals surface area contributed by atoms with Gasteiger partial charge in [-0.1, -0.05) is 0 Å². The Morgan fingerprint density at radius 2 is 1.81 bits per heavy atom. The van der Waals surface area contributed by atoms with Gasteiger partial charge < -0.3 is 4.42 Å². The van der Waals surface area contributed by atoms with E-state index >= 15 is 0 Å². The predicted octanol–water partition coefficient (Wildman–Crippen LogP) is 1.97. The van der Waals surface area contributed by atoms with E-state index < -0.39 is 9.05 Å². The predicted molar refractivity (Wildman–Crippen MR) is 57.5 cm³/mol. The minimum Gasteiger partial charge on any atom is -0.421 e. The van der Waals surface area contributed by atoms with E-state index in [2.05, 4.69) is 10.2 Å². The fourth-order valence-corrected chi connectivity index (χ4v) is 1.94. The summed E-state index contributed by atoms with van der Waals surface area (Å²) in [4.78, 5) is 0.0363. The molecule has 16 heavy (non-hydrogen) atoms. The molecule has 0 radical (unpaired) electrons. The van der Waals surface area contributed by atoms with E-state index in [4.69, 9.17) is 15.1 Å². The summed E-state index contributed by atoms with van der Waals surface area (Å²) in [5.74, 6) is 0.792. The van der Waals surface area contributed by atoms with Gasteiger partial charge >= 0.3 is 0 Å². The van der Waals surface area contributed by atoms with Crippen molar-refractivity contribution in [2.45, 2.75) is 11.8 Å². The molecule has 84 valence electrons. The first-order valence-corrected chi connectivity index (χ1v) is 6.63. The number of hydrogen-bond donors (Lipinski definition) is 0. The lowest BCUT2D eigenvalue weighted by Gasteiger charge is -1.97. The Hall–Kier alpha value is -1.40. The molecule has 0 aliphatic carbocycles. The topological polar surface area (TPSA) is 73.1 Å². The van der Waals surface area contributed by atoms with Crippen LogP contribution in [0.15, 0.2) is 33.6 Å². The zero-order valence-electron chi connectivity index (χ0n) is 8.21. The number of aryl methyl sites for hydroxylation is 1. The quantitative estimate of drug-likeness (QED) is 0.770. The van der Waals surface area contributed by atoms with Gasteiger partial charge in [-0.25, -0.2) is 8.42 Å². The molecule has 1 aromatic carbocycles. The molecule has 0 atom stereocenters. The molecule has 0 fully saturated rings. The van der Waals surface area contributed by atoms with Gasteiger partial charge in [-0.3, -0.25) is 0 Å². The molecule has 2 rings (SSSR count). The third kappa shape index (κ3) is 2.23. The third-order valence-corrected chi connectivity index (χ3v) is 3.28. The molecule has 0 N–H and O–H groups in total. The van der Waals surface area contributed by atoms with Crippen LogP contribution >= 0.6 is 10.7 Å². The maximum Gasteiger partial charge on any atom is 0.261 e. The van der Waals surface area contributed by atoms with Gasteiger partial charge in [-0.2, -0.15) is 0 Å². The van der Waals surface area contributed by atoms with E-state index in [0.29, 0.717) is 17.3 Å². The van der Waals surface area contributed by atoms with Crippen LogP contribution in [0.5, 0.6) is 0 Å². The minimum absolute atomic E-state index is 0.0363. The second-order valence-corrected chi connectivity index (χ2v) is 5.65. The summed E-state index contributed by atoms with van der Waals surface area (Å²) in [5.41, 5.74) is 0.643. The van der Waals surface area contributed by atoms with Crippen LogP contribution in [0.4, 0.5) is 0 Å². The van der Waals surface area contributed by atoms with E-state index in [0.717, 1.165) is 0 Å². The van der Waals surface area contributed by atoms with Gasteiger partial charge in [-0.15, -0.1) is 10.2 Å². The van der Waals surface area contributed by atoms with Gasteiger partial charge in [0.2, 0.25) is 11.8 Å². The Balaban J connectivity index is 2.40. The van der Waals surface area contributed by atoms with Crippen LogP contribution in [-0.2, 0) is 9.05 Å². The highest BCUT2D eigenvalue weighted by Crippen LogP contribution is 2.21. The van der Waals surface area contributed by atoms with E-state index in [1.165, 1.54) is 12.1 Å². The van der Waals surface area contributed by atoms with Gasteiger partial charge in [0.15, 0.2) is 0 Å². The van der Waals surface area contributed by atoms with Crippen LogP contribution < -0.4 is 0 Å². The average molecular weight is 259 g/mol. The van der Waals surface area contributed by atoms with Crippen LogP contribution in [0.3, 0.4) is 0 Å². The maximum absolute atomic E-state index is 11.0. The molecular weight excluding hydrogens is 252 g/mol. The largest absolute Gasteiger partial charge is 0.421 e. The molecule has 0 bridgehead atoms. The van der Waals surface area contributed by atoms with Crippen molar-refractivity contribution in [3.05, 3.63) is 30.2 Å². The second kappa shape index (κ2) is 3.88. The molecule has 1 heterocycles. The van der Waals surface area contributed by atoms with E-state index in [1.54, 1.807) is 19.1 Å². The van der Waals surface area contributed by atoms with Gasteiger partial charge in [0.1, 0.15) is 0 Å². The molecule has 5 nitrogen and oxygen atoms in total. The van der Waals surface area contributed by atoms with Crippen LogP contribution in [-0.4, -0.2) is 18.6 Å². The van der Waals surface area contributed by atoms with Crippen molar-refractivity contribution < 1.29 is 12.8 Å². The summed E-state index contributed by atoms with van der Waals surface area (Å²) in [6, 6.07) is 5.89. The van der Waals surface area contributed by atoms with Crippen molar-refractivity contribution in [2.24, 2.45) is 0 Å². The fraction of sp³-hybridized carbons (Fsp3) is 0.111. The van der Waals surface area contributed by atoms with Crippen LogP contribution in [0.2, 0.25) is 0 Å². The van der Waals surface area contributed by atoms with Crippen molar-refractivity contribution in [1.82, 2.24) is 10.2 Å². The van der Waals surface area contributed by atoms with Crippen molar-refractivity contribution in [2.75, 3.05) is 0 Å². The Labute approximate surface area is 96.5 Å². The number of benzene rings is 1. The summed E-state index contributed by atoms with van der Waals surface area (Å²) in [6.45, 7) is 1.67. The Morgan fingerprint density at radius 1 is 1.19 bits per heavy atom. The molecule has 0 spiro atoms. The highest BCUT2D eigenvalue weighted by Gasteiger charge is 2.11. The smallest absolute Gasteiger partial charge is 0.261 e. The van der Waals surface area contributed by atoms with E-state index in [1.807, 2.05) is 0 Å². The van der Waals surface area contributed by atoms with Crippen molar-refractivity contribution in [3.8, 4) is 11.5 Å². The monoisotopic (exact) mass is 258 g/mol. The summed E-state index contributed by atoms with van der Waals surface area (Å²) in [6.07, 6.45) is 0. The lowest BCUT2D eigenvalue weighted by atomic mass is 10.2. The Kier molecular flexibility index (Phi) is 2.69. The molecule has 0 saturated carbocycles. The molecule has 1 aromatic heterocycles. The Morgan fingerprint density at radius 3 is 2.25 bits per heavy atom. The summed E-state index contributed by atoms with van der Waals surface area (Å²) in [7, 11) is 1.49. The van der Waals surface area contributed by atoms with Crippen LogP contribution in [0, 0.1) is 6.92 Å². The maximum atomic E-state index is 11.0. The first-order valence-electron chi connectivity index (χ1n) is 4.32.